The number of para-hydroxylation sites is 1. The van der Waals surface area contributed by atoms with Gasteiger partial charge in [-0.3, -0.25) is 4.79 Å². The molecular formula is C17H13N3O2. The van der Waals surface area contributed by atoms with Crippen LogP contribution in [0.4, 0.5) is 0 Å². The summed E-state index contributed by atoms with van der Waals surface area (Å²) in [6.07, 6.45) is 4.90. The summed E-state index contributed by atoms with van der Waals surface area (Å²) in [7, 11) is 0. The van der Waals surface area contributed by atoms with E-state index in [0.717, 1.165) is 16.5 Å². The summed E-state index contributed by atoms with van der Waals surface area (Å²) in [5.41, 5.74) is 1.82. The average molecular weight is 291 g/mol. The molecule has 2 N–H and O–H groups in total. The molecule has 0 aliphatic rings. The Balaban J connectivity index is 1.81. The van der Waals surface area contributed by atoms with Gasteiger partial charge in [0.15, 0.2) is 0 Å². The molecule has 3 rings (SSSR count). The normalized spacial score (nSPS) is 11.3. The Morgan fingerprint density at radius 1 is 1.32 bits per heavy atom. The molecule has 0 aliphatic carbocycles. The molecular weight excluding hydrogens is 278 g/mol. The minimum atomic E-state index is -0.427. The van der Waals surface area contributed by atoms with Gasteiger partial charge >= 0.3 is 0 Å². The molecule has 0 unspecified atom stereocenters. The van der Waals surface area contributed by atoms with Gasteiger partial charge in [-0.25, -0.2) is 0 Å². The summed E-state index contributed by atoms with van der Waals surface area (Å²) < 4.78 is 5.14. The van der Waals surface area contributed by atoms with E-state index in [1.807, 2.05) is 30.3 Å². The number of fused-ring (bicyclic) bond motifs is 1. The van der Waals surface area contributed by atoms with E-state index in [2.05, 4.69) is 10.3 Å². The number of carbonyl (C=O) groups excluding carboxylic acids is 1. The Morgan fingerprint density at radius 2 is 2.18 bits per heavy atom. The van der Waals surface area contributed by atoms with Crippen molar-refractivity contribution in [2.75, 3.05) is 0 Å². The lowest BCUT2D eigenvalue weighted by atomic mass is 10.1. The van der Waals surface area contributed by atoms with Crippen LogP contribution in [0, 0.1) is 11.3 Å². The zero-order valence-corrected chi connectivity index (χ0v) is 11.7. The fourth-order valence-electron chi connectivity index (χ4n) is 2.19. The fourth-order valence-corrected chi connectivity index (χ4v) is 2.19. The van der Waals surface area contributed by atoms with Crippen molar-refractivity contribution in [3.63, 3.8) is 0 Å². The summed E-state index contributed by atoms with van der Waals surface area (Å²) in [4.78, 5) is 15.2. The Bertz CT molecular complexity index is 867. The molecule has 5 heteroatoms. The van der Waals surface area contributed by atoms with E-state index in [0.29, 0.717) is 5.76 Å². The van der Waals surface area contributed by atoms with Crippen LogP contribution >= 0.6 is 0 Å². The monoisotopic (exact) mass is 291 g/mol. The smallest absolute Gasteiger partial charge is 0.262 e. The molecule has 108 valence electrons. The van der Waals surface area contributed by atoms with Crippen molar-refractivity contribution in [3.8, 4) is 6.07 Å². The summed E-state index contributed by atoms with van der Waals surface area (Å²) >= 11 is 0. The predicted octanol–water partition coefficient (Wildman–Crippen LogP) is 2.98. The number of hydrogen-bond acceptors (Lipinski definition) is 3. The summed E-state index contributed by atoms with van der Waals surface area (Å²) in [5, 5.41) is 12.8. The second kappa shape index (κ2) is 6.02. The first-order valence-electron chi connectivity index (χ1n) is 6.76. The number of nitriles is 1. The first kappa shape index (κ1) is 13.7. The molecule has 0 bridgehead atoms. The van der Waals surface area contributed by atoms with E-state index in [9.17, 15) is 10.1 Å². The maximum atomic E-state index is 12.1. The van der Waals surface area contributed by atoms with Crippen LogP contribution in [0.5, 0.6) is 0 Å². The Morgan fingerprint density at radius 3 is 2.95 bits per heavy atom. The number of nitrogens with one attached hydrogen (secondary N) is 2. The van der Waals surface area contributed by atoms with Gasteiger partial charge in [-0.15, -0.1) is 0 Å². The Kier molecular flexibility index (Phi) is 3.75. The van der Waals surface area contributed by atoms with Crippen molar-refractivity contribution in [2.45, 2.75) is 6.54 Å². The quantitative estimate of drug-likeness (QED) is 0.572. The molecule has 1 amide bonds. The number of hydrogen-bond donors (Lipinski definition) is 2. The third kappa shape index (κ3) is 2.76. The van der Waals surface area contributed by atoms with Crippen LogP contribution in [0.3, 0.4) is 0 Å². The third-order valence-corrected chi connectivity index (χ3v) is 3.29. The van der Waals surface area contributed by atoms with Gasteiger partial charge in [0, 0.05) is 22.7 Å². The maximum Gasteiger partial charge on any atom is 0.262 e. The Hall–Kier alpha value is -3.26. The number of H-pyrrole nitrogens is 1. The van der Waals surface area contributed by atoms with Crippen LogP contribution in [0.2, 0.25) is 0 Å². The lowest BCUT2D eigenvalue weighted by Gasteiger charge is -2.01. The number of benzene rings is 1. The molecule has 0 spiro atoms. The van der Waals surface area contributed by atoms with Crippen LogP contribution in [0.15, 0.2) is 58.8 Å². The van der Waals surface area contributed by atoms with Gasteiger partial charge in [0.25, 0.3) is 5.91 Å². The van der Waals surface area contributed by atoms with Gasteiger partial charge < -0.3 is 14.7 Å². The SMILES string of the molecule is N#C/C(=C/c1c[nH]c2ccccc12)C(=O)NCc1ccco1. The molecule has 5 nitrogen and oxygen atoms in total. The first-order valence-corrected chi connectivity index (χ1v) is 6.76. The van der Waals surface area contributed by atoms with Crippen molar-refractivity contribution >= 4 is 22.9 Å². The van der Waals surface area contributed by atoms with E-state index in [-0.39, 0.29) is 12.1 Å². The van der Waals surface area contributed by atoms with E-state index in [4.69, 9.17) is 4.42 Å². The molecule has 22 heavy (non-hydrogen) atoms. The highest BCUT2D eigenvalue weighted by Crippen LogP contribution is 2.20. The zero-order valence-electron chi connectivity index (χ0n) is 11.7. The zero-order chi connectivity index (χ0) is 15.4. The topological polar surface area (TPSA) is 81.8 Å². The highest BCUT2D eigenvalue weighted by molar-refractivity contribution is 6.03. The molecule has 1 aromatic carbocycles. The van der Waals surface area contributed by atoms with Gasteiger partial charge in [-0.1, -0.05) is 18.2 Å². The number of aromatic amines is 1. The minimum absolute atomic E-state index is 0.0521. The number of furan rings is 1. The molecule has 0 saturated carbocycles. The van der Waals surface area contributed by atoms with Crippen molar-refractivity contribution in [2.24, 2.45) is 0 Å². The molecule has 0 aliphatic heterocycles. The van der Waals surface area contributed by atoms with Crippen LogP contribution in [-0.4, -0.2) is 10.9 Å². The second-order valence-electron chi connectivity index (χ2n) is 4.72. The first-order chi connectivity index (χ1) is 10.8. The molecule has 0 fully saturated rings. The largest absolute Gasteiger partial charge is 0.467 e. The third-order valence-electron chi connectivity index (χ3n) is 3.29. The lowest BCUT2D eigenvalue weighted by Crippen LogP contribution is -2.23. The van der Waals surface area contributed by atoms with Gasteiger partial charge in [0.1, 0.15) is 17.4 Å². The van der Waals surface area contributed by atoms with Crippen LogP contribution in [-0.2, 0) is 11.3 Å². The molecule has 0 atom stereocenters. The Labute approximate surface area is 126 Å². The maximum absolute atomic E-state index is 12.1. The van der Waals surface area contributed by atoms with Crippen LogP contribution in [0.1, 0.15) is 11.3 Å². The second-order valence-corrected chi connectivity index (χ2v) is 4.72. The molecule has 2 heterocycles. The number of rotatable bonds is 4. The minimum Gasteiger partial charge on any atom is -0.467 e. The number of aromatic nitrogens is 1. The van der Waals surface area contributed by atoms with Gasteiger partial charge in [0.2, 0.25) is 0 Å². The van der Waals surface area contributed by atoms with E-state index < -0.39 is 5.91 Å². The fraction of sp³-hybridized carbons (Fsp3) is 0.0588. The summed E-state index contributed by atoms with van der Waals surface area (Å²) in [6.45, 7) is 0.249. The van der Waals surface area contributed by atoms with Crippen LogP contribution in [0.25, 0.3) is 17.0 Å². The van der Waals surface area contributed by atoms with Crippen molar-refractivity contribution in [1.82, 2.24) is 10.3 Å². The van der Waals surface area contributed by atoms with Gasteiger partial charge in [-0.2, -0.15) is 5.26 Å². The standard InChI is InChI=1S/C17H13N3O2/c18-9-12(17(21)20-11-14-4-3-7-22-14)8-13-10-19-16-6-2-1-5-15(13)16/h1-8,10,19H,11H2,(H,20,21)/b12-8-. The van der Waals surface area contributed by atoms with Crippen molar-refractivity contribution < 1.29 is 9.21 Å². The van der Waals surface area contributed by atoms with E-state index >= 15 is 0 Å². The van der Waals surface area contributed by atoms with E-state index in [1.165, 1.54) is 6.26 Å². The number of nitrogens with zero attached hydrogens (tertiary/aromatic N) is 1. The summed E-state index contributed by atoms with van der Waals surface area (Å²) in [6, 6.07) is 13.2. The molecule has 0 radical (unpaired) electrons. The van der Waals surface area contributed by atoms with Crippen LogP contribution < -0.4 is 5.32 Å². The number of amides is 1. The highest BCUT2D eigenvalue weighted by atomic mass is 16.3. The lowest BCUT2D eigenvalue weighted by molar-refractivity contribution is -0.117. The van der Waals surface area contributed by atoms with E-state index in [1.54, 1.807) is 24.4 Å². The number of carbonyl (C=O) groups is 1. The molecule has 3 aromatic rings. The molecule has 0 saturated heterocycles. The van der Waals surface area contributed by atoms with Gasteiger partial charge in [0.05, 0.1) is 12.8 Å². The molecule has 2 aromatic heterocycles. The average Bonchev–Trinajstić information content (AvgIpc) is 3.20. The highest BCUT2D eigenvalue weighted by Gasteiger charge is 2.11. The summed E-state index contributed by atoms with van der Waals surface area (Å²) in [5.74, 6) is 0.210. The van der Waals surface area contributed by atoms with Crippen molar-refractivity contribution in [3.05, 3.63) is 65.8 Å². The predicted molar refractivity (Wildman–Crippen MR) is 82.4 cm³/mol. The van der Waals surface area contributed by atoms with Crippen molar-refractivity contribution in [1.29, 1.82) is 5.26 Å². The van der Waals surface area contributed by atoms with Gasteiger partial charge in [-0.05, 0) is 24.3 Å².